The Morgan fingerprint density at radius 3 is 2.41 bits per heavy atom. The van der Waals surface area contributed by atoms with Crippen LogP contribution in [0.5, 0.6) is 0 Å². The molecule has 4 heteroatoms. The van der Waals surface area contributed by atoms with Gasteiger partial charge in [-0.1, -0.05) is 48.0 Å². The molecule has 0 N–H and O–H groups in total. The number of nitrogens with zero attached hydrogens (tertiary/aromatic N) is 1. The van der Waals surface area contributed by atoms with Crippen LogP contribution in [0.25, 0.3) is 0 Å². The van der Waals surface area contributed by atoms with Crippen LogP contribution in [-0.2, 0) is 16.1 Å². The lowest BCUT2D eigenvalue weighted by molar-refractivity contribution is -0.141. The number of rotatable bonds is 5. The first-order valence-electron chi connectivity index (χ1n) is 7.07. The van der Waals surface area contributed by atoms with Crippen molar-refractivity contribution in [3.8, 4) is 0 Å². The molecular formula is C18H19NO3. The molecule has 0 aliphatic rings. The minimum Gasteiger partial charge on any atom is -0.468 e. The first-order valence-corrected chi connectivity index (χ1v) is 7.07. The highest BCUT2D eigenvalue weighted by Gasteiger charge is 2.19. The van der Waals surface area contributed by atoms with E-state index >= 15 is 0 Å². The molecule has 4 nitrogen and oxygen atoms in total. The number of aryl methyl sites for hydroxylation is 1. The van der Waals surface area contributed by atoms with Crippen molar-refractivity contribution >= 4 is 11.9 Å². The third-order valence-electron chi connectivity index (χ3n) is 3.32. The molecular weight excluding hydrogens is 278 g/mol. The van der Waals surface area contributed by atoms with Crippen LogP contribution >= 0.6 is 0 Å². The van der Waals surface area contributed by atoms with Crippen molar-refractivity contribution in [1.29, 1.82) is 0 Å². The van der Waals surface area contributed by atoms with Gasteiger partial charge in [0.2, 0.25) is 0 Å². The molecule has 0 bridgehead atoms. The summed E-state index contributed by atoms with van der Waals surface area (Å²) in [6.45, 7) is 2.22. The predicted molar refractivity (Wildman–Crippen MR) is 84.4 cm³/mol. The van der Waals surface area contributed by atoms with E-state index in [0.29, 0.717) is 12.1 Å². The highest BCUT2D eigenvalue weighted by Crippen LogP contribution is 2.12. The lowest BCUT2D eigenvalue weighted by atomic mass is 10.1. The van der Waals surface area contributed by atoms with Crippen molar-refractivity contribution in [3.63, 3.8) is 0 Å². The maximum absolute atomic E-state index is 12.7. The van der Waals surface area contributed by atoms with Crippen molar-refractivity contribution in [2.75, 3.05) is 13.7 Å². The Hall–Kier alpha value is -2.62. The number of benzene rings is 2. The molecule has 2 aromatic rings. The van der Waals surface area contributed by atoms with Crippen LogP contribution in [0.4, 0.5) is 0 Å². The third-order valence-corrected chi connectivity index (χ3v) is 3.32. The zero-order chi connectivity index (χ0) is 15.9. The summed E-state index contributed by atoms with van der Waals surface area (Å²) in [4.78, 5) is 25.8. The van der Waals surface area contributed by atoms with Crippen LogP contribution in [0.2, 0.25) is 0 Å². The molecule has 0 heterocycles. The number of carbonyl (C=O) groups is 2. The monoisotopic (exact) mass is 297 g/mol. The predicted octanol–water partition coefficient (Wildman–Crippen LogP) is 2.81. The van der Waals surface area contributed by atoms with Crippen molar-refractivity contribution in [2.24, 2.45) is 0 Å². The molecule has 0 saturated carbocycles. The van der Waals surface area contributed by atoms with Crippen LogP contribution in [-0.4, -0.2) is 30.4 Å². The fraction of sp³-hybridized carbons (Fsp3) is 0.222. The molecule has 0 aliphatic heterocycles. The van der Waals surface area contributed by atoms with Gasteiger partial charge in [-0.05, 0) is 24.6 Å². The number of amides is 1. The van der Waals surface area contributed by atoms with E-state index in [9.17, 15) is 9.59 Å². The van der Waals surface area contributed by atoms with Crippen LogP contribution in [0, 0.1) is 6.92 Å². The van der Waals surface area contributed by atoms with E-state index in [-0.39, 0.29) is 12.5 Å². The summed E-state index contributed by atoms with van der Waals surface area (Å²) in [5.74, 6) is -0.616. The van der Waals surface area contributed by atoms with Crippen LogP contribution in [0.3, 0.4) is 0 Å². The second-order valence-electron chi connectivity index (χ2n) is 5.09. The molecule has 114 valence electrons. The van der Waals surface area contributed by atoms with E-state index in [1.807, 2.05) is 55.5 Å². The van der Waals surface area contributed by atoms with Gasteiger partial charge >= 0.3 is 5.97 Å². The topological polar surface area (TPSA) is 46.6 Å². The summed E-state index contributed by atoms with van der Waals surface area (Å²) in [6, 6.07) is 16.9. The number of ether oxygens (including phenoxy) is 1. The van der Waals surface area contributed by atoms with Crippen LogP contribution < -0.4 is 0 Å². The zero-order valence-corrected chi connectivity index (χ0v) is 12.8. The van der Waals surface area contributed by atoms with Gasteiger partial charge in [-0.3, -0.25) is 9.59 Å². The minimum atomic E-state index is -0.433. The summed E-state index contributed by atoms with van der Waals surface area (Å²) in [5.41, 5.74) is 2.54. The van der Waals surface area contributed by atoms with Gasteiger partial charge in [-0.25, -0.2) is 0 Å². The standard InChI is InChI=1S/C18H19NO3/c1-14-7-6-10-16(11-14)18(21)19(13-17(20)22-2)12-15-8-4-3-5-9-15/h3-11H,12-13H2,1-2H3. The maximum Gasteiger partial charge on any atom is 0.325 e. The van der Waals surface area contributed by atoms with Crippen LogP contribution in [0.1, 0.15) is 21.5 Å². The fourth-order valence-electron chi connectivity index (χ4n) is 2.18. The molecule has 0 spiro atoms. The molecule has 0 aliphatic carbocycles. The number of esters is 1. The number of methoxy groups -OCH3 is 1. The van der Waals surface area contributed by atoms with Gasteiger partial charge in [-0.2, -0.15) is 0 Å². The third kappa shape index (κ3) is 4.19. The lowest BCUT2D eigenvalue weighted by Gasteiger charge is -2.22. The Labute approximate surface area is 130 Å². The first kappa shape index (κ1) is 15.8. The Balaban J connectivity index is 2.23. The molecule has 22 heavy (non-hydrogen) atoms. The van der Waals surface area contributed by atoms with E-state index in [1.54, 1.807) is 6.07 Å². The molecule has 0 unspecified atom stereocenters. The van der Waals surface area contributed by atoms with Crippen molar-refractivity contribution < 1.29 is 14.3 Å². The Kier molecular flexibility index (Phi) is 5.31. The van der Waals surface area contributed by atoms with Gasteiger partial charge < -0.3 is 9.64 Å². The van der Waals surface area contributed by atoms with E-state index in [0.717, 1.165) is 11.1 Å². The Morgan fingerprint density at radius 1 is 1.05 bits per heavy atom. The fourth-order valence-corrected chi connectivity index (χ4v) is 2.18. The summed E-state index contributed by atoms with van der Waals surface area (Å²) in [6.07, 6.45) is 0. The van der Waals surface area contributed by atoms with Gasteiger partial charge in [0, 0.05) is 12.1 Å². The Bertz CT molecular complexity index is 652. The second kappa shape index (κ2) is 7.41. The van der Waals surface area contributed by atoms with Gasteiger partial charge in [0.05, 0.1) is 7.11 Å². The quantitative estimate of drug-likeness (QED) is 0.797. The average Bonchev–Trinajstić information content (AvgIpc) is 2.54. The summed E-state index contributed by atoms with van der Waals surface area (Å²) in [7, 11) is 1.32. The van der Waals surface area contributed by atoms with E-state index in [4.69, 9.17) is 4.74 Å². The maximum atomic E-state index is 12.7. The lowest BCUT2D eigenvalue weighted by Crippen LogP contribution is -2.35. The zero-order valence-electron chi connectivity index (χ0n) is 12.8. The smallest absolute Gasteiger partial charge is 0.325 e. The van der Waals surface area contributed by atoms with Crippen LogP contribution in [0.15, 0.2) is 54.6 Å². The number of hydrogen-bond acceptors (Lipinski definition) is 3. The van der Waals surface area contributed by atoms with Gasteiger partial charge in [0.15, 0.2) is 0 Å². The summed E-state index contributed by atoms with van der Waals surface area (Å²) < 4.78 is 4.70. The molecule has 0 atom stereocenters. The molecule has 0 saturated heterocycles. The molecule has 1 amide bonds. The van der Waals surface area contributed by atoms with Gasteiger partial charge in [-0.15, -0.1) is 0 Å². The molecule has 0 aromatic heterocycles. The largest absolute Gasteiger partial charge is 0.468 e. The summed E-state index contributed by atoms with van der Waals surface area (Å²) in [5, 5.41) is 0. The van der Waals surface area contributed by atoms with Crippen molar-refractivity contribution in [1.82, 2.24) is 4.90 Å². The van der Waals surface area contributed by atoms with E-state index in [1.165, 1.54) is 12.0 Å². The average molecular weight is 297 g/mol. The second-order valence-corrected chi connectivity index (χ2v) is 5.09. The number of carbonyl (C=O) groups excluding carboxylic acids is 2. The minimum absolute atomic E-state index is 0.0713. The van der Waals surface area contributed by atoms with E-state index in [2.05, 4.69) is 0 Å². The Morgan fingerprint density at radius 2 is 1.77 bits per heavy atom. The SMILES string of the molecule is COC(=O)CN(Cc1ccccc1)C(=O)c1cccc(C)c1. The van der Waals surface area contributed by atoms with Gasteiger partial charge in [0.25, 0.3) is 5.91 Å². The molecule has 2 aromatic carbocycles. The van der Waals surface area contributed by atoms with Crippen molar-refractivity contribution in [3.05, 3.63) is 71.3 Å². The highest BCUT2D eigenvalue weighted by atomic mass is 16.5. The van der Waals surface area contributed by atoms with E-state index < -0.39 is 5.97 Å². The number of hydrogen-bond donors (Lipinski definition) is 0. The van der Waals surface area contributed by atoms with Gasteiger partial charge in [0.1, 0.15) is 6.54 Å². The molecule has 2 rings (SSSR count). The first-order chi connectivity index (χ1) is 10.6. The highest BCUT2D eigenvalue weighted by molar-refractivity contribution is 5.96. The molecule has 0 radical (unpaired) electrons. The summed E-state index contributed by atoms with van der Waals surface area (Å²) >= 11 is 0. The normalized spacial score (nSPS) is 10.1. The van der Waals surface area contributed by atoms with Crippen molar-refractivity contribution in [2.45, 2.75) is 13.5 Å². The molecule has 0 fully saturated rings.